The molecule has 156 valence electrons. The van der Waals surface area contributed by atoms with Gasteiger partial charge in [-0.15, -0.1) is 0 Å². The largest absolute Gasteiger partial charge is 0.497 e. The average Bonchev–Trinajstić information content (AvgIpc) is 2.79. The fraction of sp³-hybridized carbons (Fsp3) is 0.208. The van der Waals surface area contributed by atoms with Gasteiger partial charge in [-0.1, -0.05) is 18.2 Å². The number of hydrogen-bond donors (Lipinski definition) is 3. The molecule has 0 fully saturated rings. The summed E-state index contributed by atoms with van der Waals surface area (Å²) in [5, 5.41) is 16.6. The molecule has 1 atom stereocenters. The van der Waals surface area contributed by atoms with E-state index in [9.17, 15) is 9.90 Å². The van der Waals surface area contributed by atoms with Crippen LogP contribution in [0, 0.1) is 0 Å². The molecular weight excluding hydrogens is 380 g/mol. The van der Waals surface area contributed by atoms with Gasteiger partial charge in [0, 0.05) is 35.1 Å². The van der Waals surface area contributed by atoms with Crippen LogP contribution >= 0.6 is 0 Å². The van der Waals surface area contributed by atoms with Crippen LogP contribution in [-0.4, -0.2) is 25.2 Å². The van der Waals surface area contributed by atoms with Crippen LogP contribution in [0.5, 0.6) is 11.5 Å². The van der Waals surface area contributed by atoms with Crippen LogP contribution in [0.2, 0.25) is 0 Å². The summed E-state index contributed by atoms with van der Waals surface area (Å²) in [4.78, 5) is 12.3. The zero-order chi connectivity index (χ0) is 21.3. The first-order valence-corrected chi connectivity index (χ1v) is 9.71. The minimum absolute atomic E-state index is 0.162. The van der Waals surface area contributed by atoms with Crippen molar-refractivity contribution in [3.05, 3.63) is 78.4 Å². The molecule has 0 aliphatic heterocycles. The van der Waals surface area contributed by atoms with E-state index in [1.807, 2.05) is 54.6 Å². The van der Waals surface area contributed by atoms with E-state index in [1.165, 1.54) is 7.11 Å². The molecule has 0 saturated heterocycles. The number of anilines is 3. The Kier molecular flexibility index (Phi) is 7.29. The Bertz CT molecular complexity index is 959. The summed E-state index contributed by atoms with van der Waals surface area (Å²) in [6, 6.07) is 22.6. The summed E-state index contributed by atoms with van der Waals surface area (Å²) in [6.07, 6.45) is -0.350. The molecule has 3 aromatic carbocycles. The van der Waals surface area contributed by atoms with Crippen LogP contribution in [0.25, 0.3) is 0 Å². The third-order valence-corrected chi connectivity index (χ3v) is 4.68. The predicted molar refractivity (Wildman–Crippen MR) is 119 cm³/mol. The van der Waals surface area contributed by atoms with Crippen LogP contribution in [0.4, 0.5) is 17.1 Å². The number of nitrogens with one attached hydrogen (secondary N) is 2. The van der Waals surface area contributed by atoms with Gasteiger partial charge in [-0.3, -0.25) is 4.79 Å². The molecule has 6 nitrogen and oxygen atoms in total. The van der Waals surface area contributed by atoms with Crippen molar-refractivity contribution >= 4 is 23.0 Å². The number of carbonyl (C=O) groups excluding carboxylic acids is 1. The van der Waals surface area contributed by atoms with Gasteiger partial charge in [0.25, 0.3) is 0 Å². The highest BCUT2D eigenvalue weighted by Crippen LogP contribution is 2.31. The lowest BCUT2D eigenvalue weighted by molar-refractivity contribution is -0.116. The fourth-order valence-electron chi connectivity index (χ4n) is 3.07. The number of amides is 1. The first kappa shape index (κ1) is 21.2. The molecule has 3 N–H and O–H groups in total. The molecule has 0 spiro atoms. The lowest BCUT2D eigenvalue weighted by atomic mass is 10.0. The molecule has 0 heterocycles. The van der Waals surface area contributed by atoms with Crippen molar-refractivity contribution in [2.24, 2.45) is 0 Å². The number of rotatable bonds is 9. The maximum absolute atomic E-state index is 12.3. The summed E-state index contributed by atoms with van der Waals surface area (Å²) in [5.41, 5.74) is 3.26. The van der Waals surface area contributed by atoms with E-state index < -0.39 is 6.10 Å². The van der Waals surface area contributed by atoms with Gasteiger partial charge in [0.15, 0.2) is 0 Å². The topological polar surface area (TPSA) is 79.8 Å². The lowest BCUT2D eigenvalue weighted by Gasteiger charge is -2.15. The minimum Gasteiger partial charge on any atom is -0.497 e. The fourth-order valence-corrected chi connectivity index (χ4v) is 3.07. The van der Waals surface area contributed by atoms with Crippen molar-refractivity contribution in [1.29, 1.82) is 0 Å². The second-order valence-corrected chi connectivity index (χ2v) is 6.78. The van der Waals surface area contributed by atoms with E-state index in [0.717, 1.165) is 11.4 Å². The van der Waals surface area contributed by atoms with Crippen molar-refractivity contribution < 1.29 is 19.4 Å². The molecule has 6 heteroatoms. The number of aliphatic hydroxyl groups is 1. The molecule has 0 saturated carbocycles. The van der Waals surface area contributed by atoms with Crippen LogP contribution in [0.3, 0.4) is 0 Å². The summed E-state index contributed by atoms with van der Waals surface area (Å²) >= 11 is 0. The van der Waals surface area contributed by atoms with E-state index in [2.05, 4.69) is 10.6 Å². The third-order valence-electron chi connectivity index (χ3n) is 4.68. The van der Waals surface area contributed by atoms with Gasteiger partial charge in [0.1, 0.15) is 11.5 Å². The van der Waals surface area contributed by atoms with Crippen LogP contribution in [0.1, 0.15) is 24.5 Å². The normalized spacial score (nSPS) is 11.4. The molecule has 1 unspecified atom stereocenters. The van der Waals surface area contributed by atoms with Crippen molar-refractivity contribution in [3.8, 4) is 11.5 Å². The first-order chi connectivity index (χ1) is 14.6. The van der Waals surface area contributed by atoms with Gasteiger partial charge in [-0.25, -0.2) is 0 Å². The van der Waals surface area contributed by atoms with Crippen LogP contribution in [0.15, 0.2) is 72.8 Å². The van der Waals surface area contributed by atoms with Crippen molar-refractivity contribution in [3.63, 3.8) is 0 Å². The lowest BCUT2D eigenvalue weighted by Crippen LogP contribution is -2.13. The Morgan fingerprint density at radius 3 is 2.23 bits per heavy atom. The Balaban J connectivity index is 1.52. The van der Waals surface area contributed by atoms with Gasteiger partial charge in [-0.05, 0) is 55.0 Å². The molecule has 1 amide bonds. The molecule has 0 radical (unpaired) electrons. The van der Waals surface area contributed by atoms with E-state index >= 15 is 0 Å². The summed E-state index contributed by atoms with van der Waals surface area (Å²) < 4.78 is 10.5. The highest BCUT2D eigenvalue weighted by Gasteiger charge is 2.16. The highest BCUT2D eigenvalue weighted by atomic mass is 16.5. The number of carbonyl (C=O) groups is 1. The predicted octanol–water partition coefficient (Wildman–Crippen LogP) is 4.90. The number of hydrogen-bond acceptors (Lipinski definition) is 5. The van der Waals surface area contributed by atoms with Crippen LogP contribution < -0.4 is 20.1 Å². The standard InChI is InChI=1S/C24H26N2O4/c1-29-20-12-13-21(23(16-20)30-2)22(27)14-15-24(28)26-19-10-8-18(9-11-19)25-17-6-4-3-5-7-17/h3-13,16,22,25,27H,14-15H2,1-2H3,(H,26,28). The third kappa shape index (κ3) is 5.75. The number of benzene rings is 3. The molecule has 3 aromatic rings. The summed E-state index contributed by atoms with van der Waals surface area (Å²) in [7, 11) is 3.10. The molecule has 0 aliphatic rings. The zero-order valence-corrected chi connectivity index (χ0v) is 17.1. The Morgan fingerprint density at radius 1 is 0.900 bits per heavy atom. The van der Waals surface area contributed by atoms with Crippen molar-refractivity contribution in [2.75, 3.05) is 24.9 Å². The van der Waals surface area contributed by atoms with Crippen LogP contribution in [-0.2, 0) is 4.79 Å². The van der Waals surface area contributed by atoms with Gasteiger partial charge in [0.05, 0.1) is 20.3 Å². The van der Waals surface area contributed by atoms with E-state index in [-0.39, 0.29) is 18.7 Å². The maximum Gasteiger partial charge on any atom is 0.224 e. The monoisotopic (exact) mass is 406 g/mol. The smallest absolute Gasteiger partial charge is 0.224 e. The number of para-hydroxylation sites is 1. The summed E-state index contributed by atoms with van der Waals surface area (Å²) in [5.74, 6) is 1.01. The number of methoxy groups -OCH3 is 2. The molecule has 0 aliphatic carbocycles. The number of ether oxygens (including phenoxy) is 2. The zero-order valence-electron chi connectivity index (χ0n) is 17.1. The maximum atomic E-state index is 12.3. The number of aliphatic hydroxyl groups excluding tert-OH is 1. The van der Waals surface area contributed by atoms with E-state index in [4.69, 9.17) is 9.47 Å². The Morgan fingerprint density at radius 2 is 1.57 bits per heavy atom. The molecule has 30 heavy (non-hydrogen) atoms. The van der Waals surface area contributed by atoms with E-state index in [1.54, 1.807) is 25.3 Å². The average molecular weight is 406 g/mol. The van der Waals surface area contributed by atoms with Crippen molar-refractivity contribution in [1.82, 2.24) is 0 Å². The quantitative estimate of drug-likeness (QED) is 0.471. The second kappa shape index (κ2) is 10.3. The van der Waals surface area contributed by atoms with Gasteiger partial charge >= 0.3 is 0 Å². The van der Waals surface area contributed by atoms with Crippen molar-refractivity contribution in [2.45, 2.75) is 18.9 Å². The minimum atomic E-state index is -0.811. The SMILES string of the molecule is COc1ccc(C(O)CCC(=O)Nc2ccc(Nc3ccccc3)cc2)c(OC)c1. The highest BCUT2D eigenvalue weighted by molar-refractivity contribution is 5.90. The summed E-state index contributed by atoms with van der Waals surface area (Å²) in [6.45, 7) is 0. The molecule has 0 aromatic heterocycles. The van der Waals surface area contributed by atoms with Gasteiger partial charge < -0.3 is 25.2 Å². The molecule has 0 bridgehead atoms. The molecular formula is C24H26N2O4. The first-order valence-electron chi connectivity index (χ1n) is 9.71. The van der Waals surface area contributed by atoms with Gasteiger partial charge in [0.2, 0.25) is 5.91 Å². The Labute approximate surface area is 176 Å². The van der Waals surface area contributed by atoms with Gasteiger partial charge in [-0.2, -0.15) is 0 Å². The molecule has 3 rings (SSSR count). The second-order valence-electron chi connectivity index (χ2n) is 6.78. The Hall–Kier alpha value is -3.51. The van der Waals surface area contributed by atoms with E-state index in [0.29, 0.717) is 22.7 Å².